The second-order valence-corrected chi connectivity index (χ2v) is 8.12. The summed E-state index contributed by atoms with van der Waals surface area (Å²) in [6.45, 7) is 9.43. The molecule has 26 heavy (non-hydrogen) atoms. The Morgan fingerprint density at radius 2 is 1.85 bits per heavy atom. The molecular weight excluding hydrogens is 322 g/mol. The van der Waals surface area contributed by atoms with Crippen molar-refractivity contribution in [3.63, 3.8) is 0 Å². The highest BCUT2D eigenvalue weighted by Gasteiger charge is 2.30. The van der Waals surface area contributed by atoms with E-state index in [1.807, 2.05) is 35.2 Å². The summed E-state index contributed by atoms with van der Waals surface area (Å²) in [4.78, 5) is 17.1. The van der Waals surface area contributed by atoms with Crippen molar-refractivity contribution >= 4 is 11.7 Å². The van der Waals surface area contributed by atoms with E-state index in [0.717, 1.165) is 38.2 Å². The maximum absolute atomic E-state index is 12.9. The van der Waals surface area contributed by atoms with Crippen molar-refractivity contribution in [1.82, 2.24) is 9.80 Å². The Labute approximate surface area is 159 Å². The van der Waals surface area contributed by atoms with Gasteiger partial charge in [0.1, 0.15) is 0 Å². The Hall–Kier alpha value is -1.81. The zero-order chi connectivity index (χ0) is 19.1. The van der Waals surface area contributed by atoms with Crippen LogP contribution in [0.2, 0.25) is 0 Å². The van der Waals surface area contributed by atoms with Crippen molar-refractivity contribution in [3.05, 3.63) is 42.0 Å². The molecule has 3 atom stereocenters. The van der Waals surface area contributed by atoms with Gasteiger partial charge in [-0.15, -0.1) is 0 Å². The van der Waals surface area contributed by atoms with E-state index in [1.54, 1.807) is 0 Å². The lowest BCUT2D eigenvalue weighted by Gasteiger charge is -2.37. The summed E-state index contributed by atoms with van der Waals surface area (Å²) in [5, 5.41) is 3.07. The van der Waals surface area contributed by atoms with Crippen LogP contribution in [0.4, 0.5) is 10.5 Å². The molecule has 0 bridgehead atoms. The lowest BCUT2D eigenvalue weighted by Crippen LogP contribution is -2.43. The average molecular weight is 358 g/mol. The van der Waals surface area contributed by atoms with E-state index in [9.17, 15) is 4.79 Å². The molecule has 1 aliphatic rings. The summed E-state index contributed by atoms with van der Waals surface area (Å²) in [6, 6.07) is 9.75. The zero-order valence-corrected chi connectivity index (χ0v) is 17.0. The predicted molar refractivity (Wildman–Crippen MR) is 110 cm³/mol. The van der Waals surface area contributed by atoms with E-state index in [1.165, 1.54) is 5.57 Å². The second-order valence-electron chi connectivity index (χ2n) is 8.12. The normalized spacial score (nSPS) is 22.8. The maximum atomic E-state index is 12.9. The number of carbonyl (C=O) groups is 1. The first-order valence-electron chi connectivity index (χ1n) is 9.79. The van der Waals surface area contributed by atoms with Gasteiger partial charge >= 0.3 is 6.03 Å². The van der Waals surface area contributed by atoms with Crippen LogP contribution in [0.15, 0.2) is 42.0 Å². The number of allylic oxidation sites excluding steroid dienone is 2. The molecule has 0 saturated carbocycles. The first-order valence-corrected chi connectivity index (χ1v) is 9.79. The third-order valence-corrected chi connectivity index (χ3v) is 5.37. The van der Waals surface area contributed by atoms with E-state index < -0.39 is 0 Å². The number of rotatable bonds is 7. The molecule has 4 heteroatoms. The molecule has 0 fully saturated rings. The highest BCUT2D eigenvalue weighted by molar-refractivity contribution is 5.89. The van der Waals surface area contributed by atoms with E-state index in [2.05, 4.69) is 51.2 Å². The molecule has 0 aromatic heterocycles. The Morgan fingerprint density at radius 1 is 1.15 bits per heavy atom. The molecule has 0 spiro atoms. The monoisotopic (exact) mass is 357 g/mol. The quantitative estimate of drug-likeness (QED) is 0.717. The van der Waals surface area contributed by atoms with Crippen LogP contribution in [0, 0.1) is 17.8 Å². The largest absolute Gasteiger partial charge is 0.324 e. The minimum absolute atomic E-state index is 0.0145. The third kappa shape index (κ3) is 6.17. The van der Waals surface area contributed by atoms with Gasteiger partial charge in [0, 0.05) is 18.8 Å². The number of benzene rings is 1. The SMILES string of the molecule is CC1=CC(C)C(CN(CCCN(C)C)C(=O)Nc2ccccc2)C(C)C1. The minimum atomic E-state index is 0.0145. The Kier molecular flexibility index (Phi) is 7.70. The number of nitrogens with zero attached hydrogens (tertiary/aromatic N) is 2. The van der Waals surface area contributed by atoms with Gasteiger partial charge in [0.25, 0.3) is 0 Å². The van der Waals surface area contributed by atoms with Gasteiger partial charge in [0.15, 0.2) is 0 Å². The van der Waals surface area contributed by atoms with Crippen LogP contribution in [0.25, 0.3) is 0 Å². The van der Waals surface area contributed by atoms with Crippen molar-refractivity contribution in [2.45, 2.75) is 33.6 Å². The number of anilines is 1. The number of carbonyl (C=O) groups excluding carboxylic acids is 1. The van der Waals surface area contributed by atoms with E-state index in [4.69, 9.17) is 0 Å². The number of urea groups is 1. The minimum Gasteiger partial charge on any atom is -0.324 e. The van der Waals surface area contributed by atoms with Crippen molar-refractivity contribution in [1.29, 1.82) is 0 Å². The fourth-order valence-corrected chi connectivity index (χ4v) is 4.00. The maximum Gasteiger partial charge on any atom is 0.321 e. The molecular formula is C22H35N3O. The fourth-order valence-electron chi connectivity index (χ4n) is 4.00. The number of hydrogen-bond donors (Lipinski definition) is 1. The molecule has 1 N–H and O–H groups in total. The molecule has 1 aliphatic carbocycles. The van der Waals surface area contributed by atoms with Gasteiger partial charge in [-0.3, -0.25) is 0 Å². The highest BCUT2D eigenvalue weighted by Crippen LogP contribution is 2.34. The van der Waals surface area contributed by atoms with E-state index in [-0.39, 0.29) is 6.03 Å². The second kappa shape index (κ2) is 9.77. The fraction of sp³-hybridized carbons (Fsp3) is 0.591. The van der Waals surface area contributed by atoms with Crippen LogP contribution in [0.3, 0.4) is 0 Å². The molecule has 3 unspecified atom stereocenters. The van der Waals surface area contributed by atoms with Gasteiger partial charge in [0.05, 0.1) is 0 Å². The summed E-state index contributed by atoms with van der Waals surface area (Å²) < 4.78 is 0. The molecule has 2 rings (SSSR count). The predicted octanol–water partition coefficient (Wildman–Crippen LogP) is 4.71. The summed E-state index contributed by atoms with van der Waals surface area (Å²) in [5.41, 5.74) is 2.34. The molecule has 1 aromatic carbocycles. The summed E-state index contributed by atoms with van der Waals surface area (Å²) in [7, 11) is 4.15. The lowest BCUT2D eigenvalue weighted by atomic mass is 9.75. The van der Waals surface area contributed by atoms with Gasteiger partial charge in [-0.05, 0) is 70.3 Å². The van der Waals surface area contributed by atoms with Crippen LogP contribution in [0.1, 0.15) is 33.6 Å². The average Bonchev–Trinajstić information content (AvgIpc) is 2.56. The van der Waals surface area contributed by atoms with E-state index >= 15 is 0 Å². The smallest absolute Gasteiger partial charge is 0.321 e. The van der Waals surface area contributed by atoms with Crippen LogP contribution in [-0.2, 0) is 0 Å². The van der Waals surface area contributed by atoms with Crippen molar-refractivity contribution in [3.8, 4) is 0 Å². The van der Waals surface area contributed by atoms with Crippen molar-refractivity contribution < 1.29 is 4.79 Å². The molecule has 4 nitrogen and oxygen atoms in total. The van der Waals surface area contributed by atoms with Gasteiger partial charge in [-0.25, -0.2) is 4.79 Å². The van der Waals surface area contributed by atoms with Crippen LogP contribution >= 0.6 is 0 Å². The standard InChI is InChI=1S/C22H35N3O/c1-17-14-18(2)21(19(3)15-17)16-25(13-9-12-24(4)5)22(26)23-20-10-7-6-8-11-20/h6-8,10-11,14,18-19,21H,9,12-13,15-16H2,1-5H3,(H,23,26). The Balaban J connectivity index is 2.06. The molecule has 1 aromatic rings. The molecule has 0 aliphatic heterocycles. The first-order chi connectivity index (χ1) is 12.4. The van der Waals surface area contributed by atoms with E-state index in [0.29, 0.717) is 17.8 Å². The summed E-state index contributed by atoms with van der Waals surface area (Å²) in [6.07, 6.45) is 4.51. The molecule has 2 amide bonds. The van der Waals surface area contributed by atoms with Gasteiger partial charge in [-0.1, -0.05) is 43.7 Å². The topological polar surface area (TPSA) is 35.6 Å². The highest BCUT2D eigenvalue weighted by atomic mass is 16.2. The molecule has 144 valence electrons. The number of nitrogens with one attached hydrogen (secondary N) is 1. The zero-order valence-electron chi connectivity index (χ0n) is 17.0. The molecule has 0 heterocycles. The van der Waals surface area contributed by atoms with Crippen molar-refractivity contribution in [2.75, 3.05) is 39.0 Å². The lowest BCUT2D eigenvalue weighted by molar-refractivity contribution is 0.165. The number of para-hydroxylation sites is 1. The Bertz CT molecular complexity index is 597. The summed E-state index contributed by atoms with van der Waals surface area (Å²) in [5.74, 6) is 1.63. The van der Waals surface area contributed by atoms with Gasteiger partial charge < -0.3 is 15.1 Å². The van der Waals surface area contributed by atoms with Gasteiger partial charge in [0.2, 0.25) is 0 Å². The summed E-state index contributed by atoms with van der Waals surface area (Å²) >= 11 is 0. The first kappa shape index (κ1) is 20.5. The van der Waals surface area contributed by atoms with Gasteiger partial charge in [-0.2, -0.15) is 0 Å². The van der Waals surface area contributed by atoms with Crippen LogP contribution < -0.4 is 5.32 Å². The number of hydrogen-bond acceptors (Lipinski definition) is 2. The molecule has 0 radical (unpaired) electrons. The molecule has 0 saturated heterocycles. The number of amides is 2. The van der Waals surface area contributed by atoms with Crippen LogP contribution in [-0.4, -0.2) is 49.6 Å². The third-order valence-electron chi connectivity index (χ3n) is 5.37. The van der Waals surface area contributed by atoms with Crippen LogP contribution in [0.5, 0.6) is 0 Å². The van der Waals surface area contributed by atoms with Crippen molar-refractivity contribution in [2.24, 2.45) is 17.8 Å². The Morgan fingerprint density at radius 3 is 2.46 bits per heavy atom.